The molecule has 0 saturated carbocycles. The second kappa shape index (κ2) is 4.66. The van der Waals surface area contributed by atoms with Crippen molar-refractivity contribution >= 4 is 5.96 Å². The van der Waals surface area contributed by atoms with Gasteiger partial charge in [0.2, 0.25) is 0 Å². The molecule has 2 rings (SSSR count). The van der Waals surface area contributed by atoms with E-state index in [2.05, 4.69) is 28.3 Å². The van der Waals surface area contributed by atoms with Crippen LogP contribution in [0.4, 0.5) is 0 Å². The zero-order valence-corrected chi connectivity index (χ0v) is 9.37. The number of rotatable bonds is 1. The van der Waals surface area contributed by atoms with Gasteiger partial charge in [-0.1, -0.05) is 6.92 Å². The molecule has 2 aliphatic heterocycles. The lowest BCUT2D eigenvalue weighted by atomic mass is 10.1. The van der Waals surface area contributed by atoms with E-state index < -0.39 is 0 Å². The molecule has 3 N–H and O–H groups in total. The molecule has 4 heteroatoms. The van der Waals surface area contributed by atoms with Crippen LogP contribution in [0.5, 0.6) is 0 Å². The van der Waals surface area contributed by atoms with Crippen molar-refractivity contribution in [3.63, 3.8) is 0 Å². The predicted molar refractivity (Wildman–Crippen MR) is 62.6 cm³/mol. The molecule has 0 unspecified atom stereocenters. The van der Waals surface area contributed by atoms with E-state index in [1.54, 1.807) is 0 Å². The van der Waals surface area contributed by atoms with E-state index in [4.69, 9.17) is 5.73 Å². The second-order valence-corrected chi connectivity index (χ2v) is 4.26. The maximum Gasteiger partial charge on any atom is 0.198 e. The quantitative estimate of drug-likeness (QED) is 0.665. The number of aliphatic imine (C=N–C) groups is 1. The monoisotopic (exact) mass is 208 g/mol. The maximum atomic E-state index is 5.87. The standard InChI is InChI=1S/C11H20N4/c1-2-9-7-13-11(14-8-9)15-5-3-10(12)4-6-15/h7,10H,2-6,8,12H2,1H3,(H,13,14). The Morgan fingerprint density at radius 3 is 2.80 bits per heavy atom. The lowest BCUT2D eigenvalue weighted by molar-refractivity contribution is 0.306. The average molecular weight is 208 g/mol. The first-order valence-electron chi connectivity index (χ1n) is 5.79. The minimum atomic E-state index is 0.382. The number of nitrogens with zero attached hydrogens (tertiary/aromatic N) is 2. The first-order valence-corrected chi connectivity index (χ1v) is 5.79. The molecule has 0 bridgehead atoms. The molecule has 0 amide bonds. The summed E-state index contributed by atoms with van der Waals surface area (Å²) in [6.45, 7) is 5.07. The normalized spacial score (nSPS) is 23.2. The third kappa shape index (κ3) is 2.50. The summed E-state index contributed by atoms with van der Waals surface area (Å²) in [7, 11) is 0. The summed E-state index contributed by atoms with van der Waals surface area (Å²) in [6.07, 6.45) is 5.32. The number of hydrogen-bond donors (Lipinski definition) is 2. The van der Waals surface area contributed by atoms with Gasteiger partial charge in [-0.2, -0.15) is 0 Å². The van der Waals surface area contributed by atoms with E-state index in [0.29, 0.717) is 6.04 Å². The minimum Gasteiger partial charge on any atom is -0.343 e. The number of nitrogens with one attached hydrogen (secondary N) is 1. The molecule has 0 aliphatic carbocycles. The van der Waals surface area contributed by atoms with Crippen LogP contribution in [0.2, 0.25) is 0 Å². The van der Waals surface area contributed by atoms with Crippen LogP contribution < -0.4 is 11.1 Å². The largest absolute Gasteiger partial charge is 0.343 e. The van der Waals surface area contributed by atoms with Gasteiger partial charge in [-0.15, -0.1) is 0 Å². The van der Waals surface area contributed by atoms with Gasteiger partial charge >= 0.3 is 0 Å². The number of piperidine rings is 1. The van der Waals surface area contributed by atoms with Gasteiger partial charge in [0.25, 0.3) is 0 Å². The van der Waals surface area contributed by atoms with Crippen LogP contribution in [0.3, 0.4) is 0 Å². The van der Waals surface area contributed by atoms with Crippen LogP contribution in [-0.4, -0.2) is 36.5 Å². The molecule has 2 heterocycles. The summed E-state index contributed by atoms with van der Waals surface area (Å²) in [5.74, 6) is 1.03. The highest BCUT2D eigenvalue weighted by molar-refractivity contribution is 5.82. The fourth-order valence-electron chi connectivity index (χ4n) is 1.95. The van der Waals surface area contributed by atoms with Gasteiger partial charge in [-0.25, -0.2) is 4.99 Å². The highest BCUT2D eigenvalue weighted by Gasteiger charge is 2.19. The van der Waals surface area contributed by atoms with Crippen LogP contribution in [-0.2, 0) is 0 Å². The zero-order valence-electron chi connectivity index (χ0n) is 9.37. The Balaban J connectivity index is 1.88. The maximum absolute atomic E-state index is 5.87. The third-order valence-corrected chi connectivity index (χ3v) is 3.13. The molecule has 1 saturated heterocycles. The molecule has 0 aromatic rings. The molecule has 15 heavy (non-hydrogen) atoms. The van der Waals surface area contributed by atoms with E-state index in [1.165, 1.54) is 5.57 Å². The molecule has 2 aliphatic rings. The SMILES string of the molecule is CCC1=CNC(N2CCC(N)CC2)=NC1. The van der Waals surface area contributed by atoms with Crippen LogP contribution in [0.25, 0.3) is 0 Å². The Kier molecular flexibility index (Phi) is 3.26. The van der Waals surface area contributed by atoms with Crippen molar-refractivity contribution in [1.82, 2.24) is 10.2 Å². The van der Waals surface area contributed by atoms with Crippen molar-refractivity contribution in [2.75, 3.05) is 19.6 Å². The van der Waals surface area contributed by atoms with Crippen molar-refractivity contribution in [1.29, 1.82) is 0 Å². The first-order chi connectivity index (χ1) is 7.29. The first kappa shape index (κ1) is 10.5. The lowest BCUT2D eigenvalue weighted by Gasteiger charge is -2.33. The predicted octanol–water partition coefficient (Wildman–Crippen LogP) is 0.663. The summed E-state index contributed by atoms with van der Waals surface area (Å²) in [5, 5.41) is 3.28. The van der Waals surface area contributed by atoms with Crippen molar-refractivity contribution < 1.29 is 0 Å². The number of likely N-dealkylation sites (tertiary alicyclic amines) is 1. The van der Waals surface area contributed by atoms with Crippen LogP contribution >= 0.6 is 0 Å². The van der Waals surface area contributed by atoms with Crippen molar-refractivity contribution in [3.8, 4) is 0 Å². The van der Waals surface area contributed by atoms with Gasteiger partial charge in [-0.3, -0.25) is 0 Å². The molecule has 1 fully saturated rings. The van der Waals surface area contributed by atoms with E-state index in [9.17, 15) is 0 Å². The average Bonchev–Trinajstić information content (AvgIpc) is 2.30. The molecular weight excluding hydrogens is 188 g/mol. The van der Waals surface area contributed by atoms with Gasteiger partial charge in [0.15, 0.2) is 5.96 Å². The Hall–Kier alpha value is -1.03. The lowest BCUT2D eigenvalue weighted by Crippen LogP contribution is -2.47. The van der Waals surface area contributed by atoms with E-state index in [1.807, 2.05) is 0 Å². The van der Waals surface area contributed by atoms with E-state index in [0.717, 1.165) is 44.9 Å². The van der Waals surface area contributed by atoms with Crippen molar-refractivity contribution in [2.24, 2.45) is 10.7 Å². The van der Waals surface area contributed by atoms with Gasteiger partial charge < -0.3 is 16.0 Å². The van der Waals surface area contributed by atoms with Crippen LogP contribution in [0.1, 0.15) is 26.2 Å². The van der Waals surface area contributed by atoms with Crippen molar-refractivity contribution in [2.45, 2.75) is 32.2 Å². The Morgan fingerprint density at radius 1 is 1.53 bits per heavy atom. The van der Waals surface area contributed by atoms with E-state index >= 15 is 0 Å². The fourth-order valence-corrected chi connectivity index (χ4v) is 1.95. The Bertz CT molecular complexity index is 274. The molecule has 84 valence electrons. The highest BCUT2D eigenvalue weighted by Crippen LogP contribution is 2.11. The van der Waals surface area contributed by atoms with Gasteiger partial charge in [0.05, 0.1) is 6.54 Å². The summed E-state index contributed by atoms with van der Waals surface area (Å²) in [4.78, 5) is 6.85. The minimum absolute atomic E-state index is 0.382. The van der Waals surface area contributed by atoms with Crippen molar-refractivity contribution in [3.05, 3.63) is 11.8 Å². The number of guanidine groups is 1. The van der Waals surface area contributed by atoms with Gasteiger partial charge in [0, 0.05) is 25.3 Å². The summed E-state index contributed by atoms with van der Waals surface area (Å²) in [6, 6.07) is 0.382. The molecule has 0 radical (unpaired) electrons. The molecule has 0 spiro atoms. The fraction of sp³-hybridized carbons (Fsp3) is 0.727. The van der Waals surface area contributed by atoms with Gasteiger partial charge in [-0.05, 0) is 24.8 Å². The third-order valence-electron chi connectivity index (χ3n) is 3.13. The smallest absolute Gasteiger partial charge is 0.198 e. The molecule has 0 aromatic carbocycles. The Morgan fingerprint density at radius 2 is 2.27 bits per heavy atom. The molecular formula is C11H20N4. The molecule has 4 nitrogen and oxygen atoms in total. The topological polar surface area (TPSA) is 53.6 Å². The second-order valence-electron chi connectivity index (χ2n) is 4.26. The number of nitrogens with two attached hydrogens (primary N) is 1. The summed E-state index contributed by atoms with van der Waals surface area (Å²) >= 11 is 0. The number of hydrogen-bond acceptors (Lipinski definition) is 4. The zero-order chi connectivity index (χ0) is 10.7. The summed E-state index contributed by atoms with van der Waals surface area (Å²) in [5.41, 5.74) is 7.24. The summed E-state index contributed by atoms with van der Waals surface area (Å²) < 4.78 is 0. The molecule has 0 aromatic heterocycles. The van der Waals surface area contributed by atoms with Gasteiger partial charge in [0.1, 0.15) is 0 Å². The highest BCUT2D eigenvalue weighted by atomic mass is 15.3. The molecule has 0 atom stereocenters. The Labute approximate surface area is 91.2 Å². The van der Waals surface area contributed by atoms with Crippen LogP contribution in [0, 0.1) is 0 Å². The van der Waals surface area contributed by atoms with E-state index in [-0.39, 0.29) is 0 Å². The van der Waals surface area contributed by atoms with Crippen LogP contribution in [0.15, 0.2) is 16.8 Å².